The molecule has 29 heavy (non-hydrogen) atoms. The van der Waals surface area contributed by atoms with Gasteiger partial charge in [-0.1, -0.05) is 31.9 Å². The number of imide groups is 1. The summed E-state index contributed by atoms with van der Waals surface area (Å²) in [6.45, 7) is 1.08. The first kappa shape index (κ1) is 19.6. The fourth-order valence-corrected chi connectivity index (χ4v) is 4.79. The minimum absolute atomic E-state index is 0.0232. The standard InChI is InChI=1S/C22H26N2O5/c1-14-5-2-3-10-22(14)20(27)24(21(28)23-22)12-19(26)29-13-18(25)17-9-8-15-6-4-7-16(15)11-17/h8-9,11,14H,2-7,10,12-13H2,1H3,(H,23,28)/t14-,22-/m1/s1. The van der Waals surface area contributed by atoms with Crippen molar-refractivity contribution in [3.8, 4) is 0 Å². The number of hydrogen-bond donors (Lipinski definition) is 1. The van der Waals surface area contributed by atoms with Crippen LogP contribution < -0.4 is 5.32 Å². The smallest absolute Gasteiger partial charge is 0.326 e. The summed E-state index contributed by atoms with van der Waals surface area (Å²) in [5.41, 5.74) is 2.05. The van der Waals surface area contributed by atoms with Crippen molar-refractivity contribution in [3.63, 3.8) is 0 Å². The highest BCUT2D eigenvalue weighted by Crippen LogP contribution is 2.38. The van der Waals surface area contributed by atoms with Gasteiger partial charge in [-0.25, -0.2) is 4.79 Å². The van der Waals surface area contributed by atoms with E-state index in [4.69, 9.17) is 4.74 Å². The van der Waals surface area contributed by atoms with Crippen molar-refractivity contribution in [1.82, 2.24) is 10.2 Å². The molecule has 4 rings (SSSR count). The molecule has 1 heterocycles. The van der Waals surface area contributed by atoms with Gasteiger partial charge in [-0.2, -0.15) is 0 Å². The summed E-state index contributed by atoms with van der Waals surface area (Å²) < 4.78 is 5.08. The zero-order valence-electron chi connectivity index (χ0n) is 16.7. The summed E-state index contributed by atoms with van der Waals surface area (Å²) in [5, 5.41) is 2.80. The van der Waals surface area contributed by atoms with Gasteiger partial charge in [-0.05, 0) is 55.2 Å². The minimum Gasteiger partial charge on any atom is -0.456 e. The number of carbonyl (C=O) groups is 4. The number of ketones is 1. The van der Waals surface area contributed by atoms with Crippen LogP contribution in [0.25, 0.3) is 0 Å². The zero-order chi connectivity index (χ0) is 20.6. The second-order valence-corrected chi connectivity index (χ2v) is 8.36. The molecule has 0 radical (unpaired) electrons. The van der Waals surface area contributed by atoms with Crippen LogP contribution in [0.5, 0.6) is 0 Å². The van der Waals surface area contributed by atoms with Crippen LogP contribution in [0.2, 0.25) is 0 Å². The number of amides is 3. The summed E-state index contributed by atoms with van der Waals surface area (Å²) in [5.74, 6) is -1.39. The molecule has 2 aliphatic carbocycles. The average Bonchev–Trinajstić information content (AvgIpc) is 3.27. The fraction of sp³-hybridized carbons (Fsp3) is 0.545. The van der Waals surface area contributed by atoms with Gasteiger partial charge in [0.15, 0.2) is 12.4 Å². The molecule has 1 saturated carbocycles. The molecule has 1 aromatic rings. The minimum atomic E-state index is -0.907. The lowest BCUT2D eigenvalue weighted by molar-refractivity contribution is -0.147. The maximum absolute atomic E-state index is 12.9. The van der Waals surface area contributed by atoms with Crippen molar-refractivity contribution in [2.24, 2.45) is 5.92 Å². The van der Waals surface area contributed by atoms with Crippen LogP contribution in [0.1, 0.15) is 60.5 Å². The third-order valence-corrected chi connectivity index (χ3v) is 6.57. The molecule has 154 valence electrons. The quantitative estimate of drug-likeness (QED) is 0.467. The van der Waals surface area contributed by atoms with Crippen molar-refractivity contribution >= 4 is 23.7 Å². The maximum Gasteiger partial charge on any atom is 0.326 e. The number of carbonyl (C=O) groups excluding carboxylic acids is 4. The van der Waals surface area contributed by atoms with Crippen LogP contribution in [0, 0.1) is 5.92 Å². The van der Waals surface area contributed by atoms with Crippen LogP contribution in [-0.4, -0.2) is 47.3 Å². The van der Waals surface area contributed by atoms with Gasteiger partial charge in [0.25, 0.3) is 5.91 Å². The van der Waals surface area contributed by atoms with Crippen LogP contribution in [0.15, 0.2) is 18.2 Å². The van der Waals surface area contributed by atoms with Gasteiger partial charge in [0.2, 0.25) is 0 Å². The van der Waals surface area contributed by atoms with Crippen LogP contribution in [0.4, 0.5) is 4.79 Å². The third-order valence-electron chi connectivity index (χ3n) is 6.57. The molecule has 1 spiro atoms. The summed E-state index contributed by atoms with van der Waals surface area (Å²) in [6, 6.07) is 5.01. The number of esters is 1. The Morgan fingerprint density at radius 1 is 1.17 bits per heavy atom. The molecule has 1 aliphatic heterocycles. The molecular formula is C22H26N2O5. The maximum atomic E-state index is 12.9. The summed E-state index contributed by atoms with van der Waals surface area (Å²) in [4.78, 5) is 50.7. The predicted octanol–water partition coefficient (Wildman–Crippen LogP) is 2.40. The molecule has 0 bridgehead atoms. The van der Waals surface area contributed by atoms with E-state index in [2.05, 4.69) is 5.32 Å². The van der Waals surface area contributed by atoms with Crippen molar-refractivity contribution in [3.05, 3.63) is 34.9 Å². The van der Waals surface area contributed by atoms with Crippen LogP contribution in [-0.2, 0) is 27.2 Å². The van der Waals surface area contributed by atoms with E-state index in [1.807, 2.05) is 19.1 Å². The van der Waals surface area contributed by atoms with Gasteiger partial charge in [-0.15, -0.1) is 0 Å². The molecule has 0 aromatic heterocycles. The molecular weight excluding hydrogens is 372 g/mol. The first-order chi connectivity index (χ1) is 13.9. The number of aryl methyl sites for hydroxylation is 2. The molecule has 1 aromatic carbocycles. The first-order valence-electron chi connectivity index (χ1n) is 10.4. The van der Waals surface area contributed by atoms with Gasteiger partial charge in [0.05, 0.1) is 0 Å². The molecule has 3 aliphatic rings. The summed E-state index contributed by atoms with van der Waals surface area (Å²) >= 11 is 0. The Morgan fingerprint density at radius 2 is 1.97 bits per heavy atom. The monoisotopic (exact) mass is 398 g/mol. The SMILES string of the molecule is C[C@@H]1CCCC[C@@]12NC(=O)N(CC(=O)OCC(=O)c1ccc3c(c1)CCC3)C2=O. The predicted molar refractivity (Wildman–Crippen MR) is 104 cm³/mol. The van der Waals surface area contributed by atoms with Crippen molar-refractivity contribution in [2.45, 2.75) is 57.4 Å². The first-order valence-corrected chi connectivity index (χ1v) is 10.4. The molecule has 0 unspecified atom stereocenters. The Kier molecular flexibility index (Phi) is 5.15. The largest absolute Gasteiger partial charge is 0.456 e. The van der Waals surface area contributed by atoms with E-state index in [0.29, 0.717) is 12.0 Å². The Bertz CT molecular complexity index is 880. The second-order valence-electron chi connectivity index (χ2n) is 8.36. The highest BCUT2D eigenvalue weighted by atomic mass is 16.5. The topological polar surface area (TPSA) is 92.8 Å². The Balaban J connectivity index is 1.34. The number of rotatable bonds is 5. The number of urea groups is 1. The lowest BCUT2D eigenvalue weighted by Gasteiger charge is -2.36. The normalized spacial score (nSPS) is 25.8. The van der Waals surface area contributed by atoms with E-state index in [9.17, 15) is 19.2 Å². The van der Waals surface area contributed by atoms with E-state index in [0.717, 1.165) is 43.4 Å². The van der Waals surface area contributed by atoms with Gasteiger partial charge in [-0.3, -0.25) is 19.3 Å². The van der Waals surface area contributed by atoms with Gasteiger partial charge >= 0.3 is 12.0 Å². The number of Topliss-reactive ketones (excluding diaryl/α,β-unsaturated/α-hetero) is 1. The van der Waals surface area contributed by atoms with Crippen LogP contribution in [0.3, 0.4) is 0 Å². The molecule has 7 heteroatoms. The third kappa shape index (κ3) is 3.54. The highest BCUT2D eigenvalue weighted by molar-refractivity contribution is 6.09. The van der Waals surface area contributed by atoms with Crippen molar-refractivity contribution in [1.29, 1.82) is 0 Å². The number of nitrogens with one attached hydrogen (secondary N) is 1. The molecule has 2 atom stereocenters. The Morgan fingerprint density at radius 3 is 2.76 bits per heavy atom. The van der Waals surface area contributed by atoms with Crippen molar-refractivity contribution in [2.75, 3.05) is 13.2 Å². The lowest BCUT2D eigenvalue weighted by atomic mass is 9.73. The lowest BCUT2D eigenvalue weighted by Crippen LogP contribution is -2.54. The van der Waals surface area contributed by atoms with E-state index in [1.165, 1.54) is 11.1 Å². The molecule has 1 saturated heterocycles. The average molecular weight is 398 g/mol. The number of hydrogen-bond acceptors (Lipinski definition) is 5. The van der Waals surface area contributed by atoms with Gasteiger partial charge < -0.3 is 10.1 Å². The number of ether oxygens (including phenoxy) is 1. The summed E-state index contributed by atoms with van der Waals surface area (Å²) in [7, 11) is 0. The van der Waals surface area contributed by atoms with Gasteiger partial charge in [0.1, 0.15) is 12.1 Å². The van der Waals surface area contributed by atoms with Gasteiger partial charge in [0, 0.05) is 5.56 Å². The number of nitrogens with zero attached hydrogens (tertiary/aromatic N) is 1. The Labute approximate surface area is 169 Å². The molecule has 1 N–H and O–H groups in total. The zero-order valence-corrected chi connectivity index (χ0v) is 16.7. The van der Waals surface area contributed by atoms with E-state index >= 15 is 0 Å². The summed E-state index contributed by atoms with van der Waals surface area (Å²) in [6.07, 6.45) is 6.42. The Hall–Kier alpha value is -2.70. The second kappa shape index (κ2) is 7.61. The molecule has 2 fully saturated rings. The number of fused-ring (bicyclic) bond motifs is 1. The highest BCUT2D eigenvalue weighted by Gasteiger charge is 2.55. The van der Waals surface area contributed by atoms with E-state index in [-0.39, 0.29) is 17.6 Å². The van der Waals surface area contributed by atoms with E-state index < -0.39 is 30.7 Å². The van der Waals surface area contributed by atoms with E-state index in [1.54, 1.807) is 6.07 Å². The number of benzene rings is 1. The fourth-order valence-electron chi connectivity index (χ4n) is 4.79. The van der Waals surface area contributed by atoms with Crippen molar-refractivity contribution < 1.29 is 23.9 Å². The molecule has 7 nitrogen and oxygen atoms in total. The van der Waals surface area contributed by atoms with Crippen LogP contribution >= 0.6 is 0 Å². The molecule has 3 amide bonds.